The van der Waals surface area contributed by atoms with Crippen LogP contribution in [0.2, 0.25) is 0 Å². The number of hydrogen-bond donors (Lipinski definition) is 1. The number of alkyl halides is 2. The van der Waals surface area contributed by atoms with Crippen molar-refractivity contribution in [1.29, 1.82) is 0 Å². The Morgan fingerprint density at radius 1 is 1.25 bits per heavy atom. The predicted octanol–water partition coefficient (Wildman–Crippen LogP) is 2.42. The second-order valence-electron chi connectivity index (χ2n) is 4.16. The van der Waals surface area contributed by atoms with Gasteiger partial charge in [-0.15, -0.1) is 0 Å². The van der Waals surface area contributed by atoms with Gasteiger partial charge in [-0.05, 0) is 12.8 Å². The minimum atomic E-state index is -2.39. The lowest BCUT2D eigenvalue weighted by Crippen LogP contribution is -2.52. The third kappa shape index (κ3) is 2.41. The number of nitrogens with one attached hydrogen (secondary N) is 1. The van der Waals surface area contributed by atoms with Gasteiger partial charge in [0.2, 0.25) is 0 Å². The van der Waals surface area contributed by atoms with Crippen LogP contribution >= 0.6 is 0 Å². The van der Waals surface area contributed by atoms with Crippen molar-refractivity contribution in [2.24, 2.45) is 5.92 Å². The zero-order valence-corrected chi connectivity index (χ0v) is 7.90. The molecule has 3 heteroatoms. The third-order valence-electron chi connectivity index (χ3n) is 2.59. The first kappa shape index (κ1) is 9.90. The molecular weight excluding hydrogens is 160 g/mol. The Balaban J connectivity index is 2.19. The molecule has 0 spiro atoms. The zero-order chi connectivity index (χ0) is 9.35. The van der Waals surface area contributed by atoms with E-state index in [1.54, 1.807) is 0 Å². The summed E-state index contributed by atoms with van der Waals surface area (Å²) in [5, 5.41) is 3.19. The average molecular weight is 177 g/mol. The first-order valence-electron chi connectivity index (χ1n) is 4.54. The van der Waals surface area contributed by atoms with Crippen molar-refractivity contribution in [1.82, 2.24) is 5.32 Å². The normalized spacial score (nSPS) is 25.5. The SMILES string of the molecule is CC(C)C(C)NC1CC(F)(F)C1. The van der Waals surface area contributed by atoms with E-state index in [2.05, 4.69) is 19.2 Å². The van der Waals surface area contributed by atoms with Crippen LogP contribution in [0.5, 0.6) is 0 Å². The van der Waals surface area contributed by atoms with E-state index in [-0.39, 0.29) is 18.9 Å². The van der Waals surface area contributed by atoms with Gasteiger partial charge >= 0.3 is 0 Å². The Morgan fingerprint density at radius 2 is 1.75 bits per heavy atom. The molecule has 1 N–H and O–H groups in total. The van der Waals surface area contributed by atoms with Crippen molar-refractivity contribution < 1.29 is 8.78 Å². The molecule has 72 valence electrons. The Bertz CT molecular complexity index is 149. The van der Waals surface area contributed by atoms with Crippen LogP contribution in [0.25, 0.3) is 0 Å². The summed E-state index contributed by atoms with van der Waals surface area (Å²) in [6.07, 6.45) is 0.0358. The summed E-state index contributed by atoms with van der Waals surface area (Å²) in [5.41, 5.74) is 0. The molecule has 1 nitrogen and oxygen atoms in total. The Hall–Kier alpha value is -0.180. The van der Waals surface area contributed by atoms with Crippen molar-refractivity contribution in [2.45, 2.75) is 51.6 Å². The van der Waals surface area contributed by atoms with Gasteiger partial charge in [0.15, 0.2) is 0 Å². The monoisotopic (exact) mass is 177 g/mol. The van der Waals surface area contributed by atoms with Crippen LogP contribution in [-0.2, 0) is 0 Å². The molecule has 0 aliphatic heterocycles. The Kier molecular flexibility index (Phi) is 2.71. The van der Waals surface area contributed by atoms with Gasteiger partial charge in [0, 0.05) is 24.9 Å². The maximum atomic E-state index is 12.4. The van der Waals surface area contributed by atoms with Crippen LogP contribution in [-0.4, -0.2) is 18.0 Å². The minimum Gasteiger partial charge on any atom is -0.311 e. The third-order valence-corrected chi connectivity index (χ3v) is 2.59. The largest absolute Gasteiger partial charge is 0.311 e. The van der Waals surface area contributed by atoms with Crippen LogP contribution in [0.1, 0.15) is 33.6 Å². The van der Waals surface area contributed by atoms with Crippen molar-refractivity contribution in [2.75, 3.05) is 0 Å². The highest BCUT2D eigenvalue weighted by Gasteiger charge is 2.45. The quantitative estimate of drug-likeness (QED) is 0.698. The summed E-state index contributed by atoms with van der Waals surface area (Å²) in [7, 11) is 0. The van der Waals surface area contributed by atoms with Crippen molar-refractivity contribution in [3.8, 4) is 0 Å². The molecule has 1 fully saturated rings. The molecule has 0 saturated heterocycles. The molecule has 1 unspecified atom stereocenters. The molecule has 0 radical (unpaired) electrons. The fourth-order valence-corrected chi connectivity index (χ4v) is 1.34. The van der Waals surface area contributed by atoms with Gasteiger partial charge in [-0.3, -0.25) is 0 Å². The van der Waals surface area contributed by atoms with E-state index in [1.807, 2.05) is 6.92 Å². The molecule has 1 rings (SSSR count). The summed E-state index contributed by atoms with van der Waals surface area (Å²) in [4.78, 5) is 0. The van der Waals surface area contributed by atoms with Crippen LogP contribution in [0.15, 0.2) is 0 Å². The van der Waals surface area contributed by atoms with E-state index in [1.165, 1.54) is 0 Å². The van der Waals surface area contributed by atoms with Gasteiger partial charge in [0.05, 0.1) is 0 Å². The highest BCUT2D eigenvalue weighted by molar-refractivity contribution is 4.92. The summed E-state index contributed by atoms with van der Waals surface area (Å²) >= 11 is 0. The molecule has 0 aromatic heterocycles. The first-order valence-corrected chi connectivity index (χ1v) is 4.54. The van der Waals surface area contributed by atoms with E-state index < -0.39 is 5.92 Å². The van der Waals surface area contributed by atoms with Crippen LogP contribution in [0.4, 0.5) is 8.78 Å². The van der Waals surface area contributed by atoms with Crippen molar-refractivity contribution in [3.05, 3.63) is 0 Å². The first-order chi connectivity index (χ1) is 5.41. The molecule has 1 aliphatic rings. The van der Waals surface area contributed by atoms with Gasteiger partial charge in [0.1, 0.15) is 0 Å². The van der Waals surface area contributed by atoms with E-state index >= 15 is 0 Å². The molecule has 1 aliphatic carbocycles. The maximum Gasteiger partial charge on any atom is 0.251 e. The fraction of sp³-hybridized carbons (Fsp3) is 1.00. The summed E-state index contributed by atoms with van der Waals surface area (Å²) in [6.45, 7) is 6.23. The minimum absolute atomic E-state index is 0.0179. The zero-order valence-electron chi connectivity index (χ0n) is 7.90. The standard InChI is InChI=1S/C9H17F2N/c1-6(2)7(3)12-8-4-9(10,11)5-8/h6-8,12H,4-5H2,1-3H3. The number of hydrogen-bond acceptors (Lipinski definition) is 1. The van der Waals surface area contributed by atoms with Gasteiger partial charge in [-0.2, -0.15) is 0 Å². The van der Waals surface area contributed by atoms with Gasteiger partial charge in [0.25, 0.3) is 5.92 Å². The van der Waals surface area contributed by atoms with Gasteiger partial charge in [-0.25, -0.2) is 8.78 Å². The lowest BCUT2D eigenvalue weighted by atomic mass is 9.87. The molecule has 0 aromatic rings. The average Bonchev–Trinajstić information content (AvgIpc) is 1.83. The molecule has 12 heavy (non-hydrogen) atoms. The highest BCUT2D eigenvalue weighted by Crippen LogP contribution is 2.37. The molecule has 0 amide bonds. The van der Waals surface area contributed by atoms with Gasteiger partial charge in [-0.1, -0.05) is 13.8 Å². The second-order valence-corrected chi connectivity index (χ2v) is 4.16. The van der Waals surface area contributed by atoms with Crippen molar-refractivity contribution >= 4 is 0 Å². The van der Waals surface area contributed by atoms with E-state index in [4.69, 9.17) is 0 Å². The summed E-state index contributed by atoms with van der Waals surface area (Å²) in [6, 6.07) is 0.378. The van der Waals surface area contributed by atoms with Crippen LogP contribution < -0.4 is 5.32 Å². The Labute approximate surface area is 72.5 Å². The van der Waals surface area contributed by atoms with Crippen molar-refractivity contribution in [3.63, 3.8) is 0 Å². The van der Waals surface area contributed by atoms with E-state index in [0.717, 1.165) is 0 Å². The smallest absolute Gasteiger partial charge is 0.251 e. The molecule has 1 atom stereocenters. The summed E-state index contributed by atoms with van der Waals surface area (Å²) < 4.78 is 24.8. The summed E-state index contributed by atoms with van der Waals surface area (Å²) in [5.74, 6) is -1.88. The highest BCUT2D eigenvalue weighted by atomic mass is 19.3. The van der Waals surface area contributed by atoms with E-state index in [0.29, 0.717) is 12.0 Å². The molecule has 1 saturated carbocycles. The van der Waals surface area contributed by atoms with Crippen LogP contribution in [0.3, 0.4) is 0 Å². The lowest BCUT2D eigenvalue weighted by Gasteiger charge is -2.38. The molecule has 0 heterocycles. The fourth-order valence-electron chi connectivity index (χ4n) is 1.34. The molecular formula is C9H17F2N. The predicted molar refractivity (Wildman–Crippen MR) is 45.4 cm³/mol. The molecule has 0 bridgehead atoms. The van der Waals surface area contributed by atoms with Gasteiger partial charge < -0.3 is 5.32 Å². The second kappa shape index (κ2) is 3.29. The maximum absolute atomic E-state index is 12.4. The van der Waals surface area contributed by atoms with Crippen LogP contribution in [0, 0.1) is 5.92 Å². The van der Waals surface area contributed by atoms with E-state index in [9.17, 15) is 8.78 Å². The number of rotatable bonds is 3. The Morgan fingerprint density at radius 3 is 2.08 bits per heavy atom. The molecule has 0 aromatic carbocycles. The topological polar surface area (TPSA) is 12.0 Å². The number of halogens is 2. The lowest BCUT2D eigenvalue weighted by molar-refractivity contribution is -0.0952.